The predicted octanol–water partition coefficient (Wildman–Crippen LogP) is 3.64. The van der Waals surface area contributed by atoms with Crippen molar-refractivity contribution in [1.29, 1.82) is 0 Å². The normalized spacial score (nSPS) is 10.9. The molecule has 0 unspecified atom stereocenters. The number of thiocarbonyl (C=S) groups is 1. The first-order valence-electron chi connectivity index (χ1n) is 6.79. The van der Waals surface area contributed by atoms with Gasteiger partial charge in [-0.15, -0.1) is 0 Å². The Morgan fingerprint density at radius 1 is 1.38 bits per heavy atom. The second kappa shape index (κ2) is 7.75. The molecule has 0 spiro atoms. The summed E-state index contributed by atoms with van der Waals surface area (Å²) in [4.78, 5) is 12.3. The summed E-state index contributed by atoms with van der Waals surface area (Å²) in [5.74, 6) is 0.264. The molecule has 2 N–H and O–H groups in total. The third-order valence-electron chi connectivity index (χ3n) is 2.36. The number of hydrogen-bond donors (Lipinski definition) is 2. The molecule has 0 saturated carbocycles. The van der Waals surface area contributed by atoms with Crippen LogP contribution in [0.4, 0.5) is 0 Å². The van der Waals surface area contributed by atoms with Gasteiger partial charge in [-0.3, -0.25) is 10.1 Å². The maximum atomic E-state index is 12.3. The van der Waals surface area contributed by atoms with E-state index in [1.54, 1.807) is 12.1 Å². The molecule has 0 atom stereocenters. The average molecular weight is 373 g/mol. The molecule has 1 amide bonds. The SMILES string of the molecule is CCCOc1ccc(Br)cc1C(=O)NC(=S)NC(C)(C)C. The molecule has 4 nitrogen and oxygen atoms in total. The predicted molar refractivity (Wildman–Crippen MR) is 92.9 cm³/mol. The molecule has 0 aromatic heterocycles. The van der Waals surface area contributed by atoms with Gasteiger partial charge in [0.2, 0.25) is 0 Å². The number of ether oxygens (including phenoxy) is 1. The number of rotatable bonds is 4. The van der Waals surface area contributed by atoms with E-state index in [-0.39, 0.29) is 11.4 Å². The fourth-order valence-electron chi connectivity index (χ4n) is 1.56. The average Bonchev–Trinajstić information content (AvgIpc) is 2.34. The zero-order valence-corrected chi connectivity index (χ0v) is 15.2. The molecule has 6 heteroatoms. The van der Waals surface area contributed by atoms with Crippen molar-refractivity contribution in [3.05, 3.63) is 28.2 Å². The zero-order valence-electron chi connectivity index (χ0n) is 12.7. The van der Waals surface area contributed by atoms with Crippen LogP contribution in [-0.2, 0) is 0 Å². The van der Waals surface area contributed by atoms with Crippen LogP contribution in [0.15, 0.2) is 22.7 Å². The minimum Gasteiger partial charge on any atom is -0.493 e. The topological polar surface area (TPSA) is 50.4 Å². The summed E-state index contributed by atoms with van der Waals surface area (Å²) in [7, 11) is 0. The Morgan fingerprint density at radius 3 is 2.62 bits per heavy atom. The summed E-state index contributed by atoms with van der Waals surface area (Å²) >= 11 is 8.51. The van der Waals surface area contributed by atoms with Gasteiger partial charge < -0.3 is 10.1 Å². The van der Waals surface area contributed by atoms with E-state index >= 15 is 0 Å². The molecule has 116 valence electrons. The van der Waals surface area contributed by atoms with E-state index in [1.165, 1.54) is 0 Å². The summed E-state index contributed by atoms with van der Waals surface area (Å²) in [5.41, 5.74) is 0.249. The highest BCUT2D eigenvalue weighted by molar-refractivity contribution is 9.10. The van der Waals surface area contributed by atoms with Gasteiger partial charge in [0.1, 0.15) is 5.75 Å². The molecule has 0 aliphatic heterocycles. The van der Waals surface area contributed by atoms with Gasteiger partial charge in [0, 0.05) is 10.0 Å². The second-order valence-corrected chi connectivity index (χ2v) is 6.97. The molecule has 1 aromatic rings. The van der Waals surface area contributed by atoms with E-state index in [0.717, 1.165) is 10.9 Å². The fraction of sp³-hybridized carbons (Fsp3) is 0.467. The minimum absolute atomic E-state index is 0.205. The Bertz CT molecular complexity index is 527. The van der Waals surface area contributed by atoms with Crippen LogP contribution in [0.5, 0.6) is 5.75 Å². The molecule has 0 bridgehead atoms. The van der Waals surface area contributed by atoms with Gasteiger partial charge in [0.15, 0.2) is 5.11 Å². The van der Waals surface area contributed by atoms with Crippen molar-refractivity contribution in [2.45, 2.75) is 39.7 Å². The second-order valence-electron chi connectivity index (χ2n) is 5.65. The van der Waals surface area contributed by atoms with Gasteiger partial charge in [0.05, 0.1) is 12.2 Å². The summed E-state index contributed by atoms with van der Waals surface area (Å²) in [5, 5.41) is 6.02. The highest BCUT2D eigenvalue weighted by atomic mass is 79.9. The van der Waals surface area contributed by atoms with Crippen LogP contribution in [0.2, 0.25) is 0 Å². The molecular formula is C15H21BrN2O2S. The van der Waals surface area contributed by atoms with Crippen LogP contribution < -0.4 is 15.4 Å². The van der Waals surface area contributed by atoms with Gasteiger partial charge in [-0.05, 0) is 57.6 Å². The standard InChI is InChI=1S/C15H21BrN2O2S/c1-5-8-20-12-7-6-10(16)9-11(12)13(19)17-14(21)18-15(2,3)4/h6-7,9H,5,8H2,1-4H3,(H2,17,18,19,21). The van der Waals surface area contributed by atoms with E-state index in [4.69, 9.17) is 17.0 Å². The first-order valence-corrected chi connectivity index (χ1v) is 7.99. The quantitative estimate of drug-likeness (QED) is 0.792. The van der Waals surface area contributed by atoms with Crippen LogP contribution in [0.25, 0.3) is 0 Å². The maximum absolute atomic E-state index is 12.3. The summed E-state index contributed by atoms with van der Waals surface area (Å²) in [6.45, 7) is 8.49. The number of carbonyl (C=O) groups excluding carboxylic acids is 1. The largest absolute Gasteiger partial charge is 0.493 e. The highest BCUT2D eigenvalue weighted by Crippen LogP contribution is 2.23. The van der Waals surface area contributed by atoms with Gasteiger partial charge in [-0.2, -0.15) is 0 Å². The van der Waals surface area contributed by atoms with Crippen molar-refractivity contribution in [1.82, 2.24) is 10.6 Å². The van der Waals surface area contributed by atoms with E-state index in [2.05, 4.69) is 26.6 Å². The van der Waals surface area contributed by atoms with Gasteiger partial charge in [-0.25, -0.2) is 0 Å². The third-order valence-corrected chi connectivity index (χ3v) is 3.06. The Balaban J connectivity index is 2.85. The van der Waals surface area contributed by atoms with Crippen molar-refractivity contribution in [2.24, 2.45) is 0 Å². The molecule has 0 fully saturated rings. The van der Waals surface area contributed by atoms with E-state index < -0.39 is 0 Å². The number of halogens is 1. The molecule has 0 aliphatic carbocycles. The lowest BCUT2D eigenvalue weighted by molar-refractivity contribution is 0.0972. The molecular weight excluding hydrogens is 352 g/mol. The molecule has 21 heavy (non-hydrogen) atoms. The lowest BCUT2D eigenvalue weighted by Crippen LogP contribution is -2.48. The fourth-order valence-corrected chi connectivity index (χ4v) is 2.32. The van der Waals surface area contributed by atoms with Crippen LogP contribution in [0.1, 0.15) is 44.5 Å². The van der Waals surface area contributed by atoms with E-state index in [9.17, 15) is 4.79 Å². The molecule has 0 radical (unpaired) electrons. The summed E-state index contributed by atoms with van der Waals surface area (Å²) in [6, 6.07) is 5.34. The van der Waals surface area contributed by atoms with Gasteiger partial charge in [0.25, 0.3) is 5.91 Å². The summed E-state index contributed by atoms with van der Waals surface area (Å²) in [6.07, 6.45) is 0.876. The third kappa shape index (κ3) is 6.44. The first-order chi connectivity index (χ1) is 9.73. The monoisotopic (exact) mass is 372 g/mol. The molecule has 1 aromatic carbocycles. The van der Waals surface area contributed by atoms with Crippen molar-refractivity contribution < 1.29 is 9.53 Å². The van der Waals surface area contributed by atoms with Crippen LogP contribution in [0, 0.1) is 0 Å². The van der Waals surface area contributed by atoms with E-state index in [0.29, 0.717) is 23.0 Å². The van der Waals surface area contributed by atoms with Crippen LogP contribution in [-0.4, -0.2) is 23.2 Å². The van der Waals surface area contributed by atoms with Crippen LogP contribution in [0.3, 0.4) is 0 Å². The van der Waals surface area contributed by atoms with Crippen molar-refractivity contribution in [3.8, 4) is 5.75 Å². The maximum Gasteiger partial charge on any atom is 0.261 e. The molecule has 0 saturated heterocycles. The first kappa shape index (κ1) is 17.9. The molecule has 0 aliphatic rings. The Kier molecular flexibility index (Phi) is 6.61. The van der Waals surface area contributed by atoms with Gasteiger partial charge >= 0.3 is 0 Å². The van der Waals surface area contributed by atoms with Crippen molar-refractivity contribution >= 4 is 39.2 Å². The smallest absolute Gasteiger partial charge is 0.261 e. The highest BCUT2D eigenvalue weighted by Gasteiger charge is 2.17. The lowest BCUT2D eigenvalue weighted by Gasteiger charge is -2.22. The number of benzene rings is 1. The minimum atomic E-state index is -0.288. The van der Waals surface area contributed by atoms with Crippen molar-refractivity contribution in [2.75, 3.05) is 6.61 Å². The number of amides is 1. The van der Waals surface area contributed by atoms with Gasteiger partial charge in [-0.1, -0.05) is 22.9 Å². The zero-order chi connectivity index (χ0) is 16.0. The number of carbonyl (C=O) groups is 1. The molecule has 1 rings (SSSR count). The Morgan fingerprint density at radius 2 is 2.05 bits per heavy atom. The Labute approximate surface area is 139 Å². The van der Waals surface area contributed by atoms with E-state index in [1.807, 2.05) is 33.8 Å². The Hall–Kier alpha value is -1.14. The summed E-state index contributed by atoms with van der Waals surface area (Å²) < 4.78 is 6.41. The van der Waals surface area contributed by atoms with Crippen LogP contribution >= 0.6 is 28.1 Å². The number of nitrogens with one attached hydrogen (secondary N) is 2. The molecule has 0 heterocycles. The lowest BCUT2D eigenvalue weighted by atomic mass is 10.1. The van der Waals surface area contributed by atoms with Crippen molar-refractivity contribution in [3.63, 3.8) is 0 Å². The number of hydrogen-bond acceptors (Lipinski definition) is 3.